The van der Waals surface area contributed by atoms with E-state index in [0.29, 0.717) is 75.8 Å². The summed E-state index contributed by atoms with van der Waals surface area (Å²) in [6.45, 7) is 3.23. The van der Waals surface area contributed by atoms with Gasteiger partial charge in [-0.3, -0.25) is 29.0 Å². The lowest BCUT2D eigenvalue weighted by Gasteiger charge is -2.32. The molecule has 2 aliphatic carbocycles. The van der Waals surface area contributed by atoms with Crippen LogP contribution in [-0.2, 0) is 56.0 Å². The van der Waals surface area contributed by atoms with E-state index in [1.54, 1.807) is 34.7 Å². The van der Waals surface area contributed by atoms with E-state index < -0.39 is 17.4 Å². The number of nitrogens with zero attached hydrogens (tertiary/aromatic N) is 6. The summed E-state index contributed by atoms with van der Waals surface area (Å²) in [7, 11) is 3.66. The van der Waals surface area contributed by atoms with E-state index in [4.69, 9.17) is 28.2 Å². The van der Waals surface area contributed by atoms with Gasteiger partial charge in [0, 0.05) is 82.1 Å². The van der Waals surface area contributed by atoms with E-state index in [1.165, 1.54) is 0 Å². The van der Waals surface area contributed by atoms with Crippen molar-refractivity contribution in [2.24, 2.45) is 24.9 Å². The van der Waals surface area contributed by atoms with Crippen molar-refractivity contribution in [3.63, 3.8) is 0 Å². The van der Waals surface area contributed by atoms with E-state index >= 15 is 0 Å². The Morgan fingerprint density at radius 1 is 0.804 bits per heavy atom. The molecule has 3 N–H and O–H groups in total. The Bertz CT molecular complexity index is 2270. The van der Waals surface area contributed by atoms with Gasteiger partial charge in [0.1, 0.15) is 0 Å². The predicted octanol–water partition coefficient (Wildman–Crippen LogP) is 6.03. The van der Waals surface area contributed by atoms with E-state index in [0.717, 1.165) is 75.1 Å². The quantitative estimate of drug-likeness (QED) is 0.144. The number of Topliss-reactive ketones (excluding diaryl/α,β-unsaturated/α-hetero) is 1. The summed E-state index contributed by atoms with van der Waals surface area (Å²) in [5.41, 5.74) is 5.34. The van der Waals surface area contributed by atoms with Crippen molar-refractivity contribution in [3.05, 3.63) is 86.4 Å². The van der Waals surface area contributed by atoms with E-state index in [1.807, 2.05) is 29.8 Å². The Hall–Kier alpha value is -4.56. The van der Waals surface area contributed by atoms with Crippen molar-refractivity contribution in [2.45, 2.75) is 70.9 Å². The third-order valence-electron chi connectivity index (χ3n) is 12.8. The minimum Gasteiger partial charge on any atom is -0.481 e. The lowest BCUT2D eigenvalue weighted by Crippen LogP contribution is -2.35. The molecule has 4 heterocycles. The molecule has 56 heavy (non-hydrogen) atoms. The summed E-state index contributed by atoms with van der Waals surface area (Å²) in [5, 5.41) is 22.6. The van der Waals surface area contributed by atoms with Crippen LogP contribution in [0.3, 0.4) is 0 Å². The number of rotatable bonds is 12. The number of nitrogens with one attached hydrogen (secondary N) is 1. The minimum atomic E-state index is -0.903. The first-order valence-electron chi connectivity index (χ1n) is 19.2. The summed E-state index contributed by atoms with van der Waals surface area (Å²) >= 11 is 13.9. The molecule has 294 valence electrons. The lowest BCUT2D eigenvalue weighted by atomic mass is 9.80. The minimum absolute atomic E-state index is 0.00314. The van der Waals surface area contributed by atoms with Crippen molar-refractivity contribution in [1.82, 2.24) is 28.9 Å². The van der Waals surface area contributed by atoms with Crippen LogP contribution in [0, 0.1) is 10.8 Å². The Balaban J connectivity index is 0.940. The number of benzene rings is 2. The topological polar surface area (TPSA) is 163 Å². The molecule has 8 rings (SSSR count). The number of carbonyl (C=O) groups is 4. The Kier molecular flexibility index (Phi) is 10.1. The highest BCUT2D eigenvalue weighted by Crippen LogP contribution is 2.63. The Morgan fingerprint density at radius 2 is 1.41 bits per heavy atom. The zero-order valence-corrected chi connectivity index (χ0v) is 33.0. The molecule has 0 saturated heterocycles. The van der Waals surface area contributed by atoms with Crippen LogP contribution in [-0.4, -0.2) is 88.9 Å². The van der Waals surface area contributed by atoms with Crippen LogP contribution in [0.15, 0.2) is 36.4 Å². The normalized spacial score (nSPS) is 21.9. The number of carboxylic acid groups (broad SMARTS) is 2. The molecule has 0 spiro atoms. The average Bonchev–Trinajstić information content (AvgIpc) is 3.92. The van der Waals surface area contributed by atoms with Gasteiger partial charge >= 0.3 is 11.9 Å². The molecule has 4 aliphatic rings. The van der Waals surface area contributed by atoms with Gasteiger partial charge in [0.2, 0.25) is 5.78 Å². The van der Waals surface area contributed by atoms with Crippen LogP contribution in [0.5, 0.6) is 0 Å². The van der Waals surface area contributed by atoms with Gasteiger partial charge in [-0.1, -0.05) is 53.5 Å². The van der Waals surface area contributed by atoms with Crippen molar-refractivity contribution >= 4 is 52.5 Å². The third-order valence-corrected chi connectivity index (χ3v) is 13.7. The molecule has 2 aromatic heterocycles. The first kappa shape index (κ1) is 38.3. The van der Waals surface area contributed by atoms with Crippen LogP contribution < -0.4 is 5.32 Å². The number of carbonyl (C=O) groups excluding carboxylic acids is 2. The Labute approximate surface area is 334 Å². The number of hydrogen-bond donors (Lipinski definition) is 3. The van der Waals surface area contributed by atoms with Crippen molar-refractivity contribution in [1.29, 1.82) is 0 Å². The summed E-state index contributed by atoms with van der Waals surface area (Å²) in [6.07, 6.45) is 6.67. The number of aliphatic carboxylic acids is 2. The number of halogens is 2. The van der Waals surface area contributed by atoms with Crippen molar-refractivity contribution in [3.8, 4) is 11.1 Å². The van der Waals surface area contributed by atoms with Crippen LogP contribution >= 0.6 is 23.2 Å². The number of ketones is 1. The summed E-state index contributed by atoms with van der Waals surface area (Å²) in [6, 6.07) is 10.7. The highest BCUT2D eigenvalue weighted by Gasteiger charge is 2.57. The first-order valence-corrected chi connectivity index (χ1v) is 19.9. The predicted molar refractivity (Wildman–Crippen MR) is 210 cm³/mol. The van der Waals surface area contributed by atoms with Crippen molar-refractivity contribution in [2.75, 3.05) is 31.5 Å². The number of anilines is 1. The summed E-state index contributed by atoms with van der Waals surface area (Å²) in [5.74, 6) is -1.55. The molecule has 0 radical (unpaired) electrons. The molecule has 2 aliphatic heterocycles. The third kappa shape index (κ3) is 6.92. The van der Waals surface area contributed by atoms with Gasteiger partial charge in [-0.05, 0) is 62.1 Å². The summed E-state index contributed by atoms with van der Waals surface area (Å²) < 4.78 is 3.65. The molecular weight excluding hydrogens is 757 g/mol. The molecule has 15 heteroatoms. The number of fused-ring (bicyclic) bond motifs is 4. The van der Waals surface area contributed by atoms with Crippen LogP contribution in [0.1, 0.15) is 88.1 Å². The number of hydrogen-bond acceptors (Lipinski definition) is 8. The van der Waals surface area contributed by atoms with Gasteiger partial charge in [-0.15, -0.1) is 0 Å². The van der Waals surface area contributed by atoms with Crippen LogP contribution in [0.2, 0.25) is 10.0 Å². The fourth-order valence-corrected chi connectivity index (χ4v) is 10.2. The smallest absolute Gasteiger partial charge is 0.317 e. The zero-order chi connectivity index (χ0) is 39.5. The summed E-state index contributed by atoms with van der Waals surface area (Å²) in [4.78, 5) is 64.1. The monoisotopic (exact) mass is 801 g/mol. The largest absolute Gasteiger partial charge is 0.481 e. The maximum absolute atomic E-state index is 13.7. The SMILES string of the molecule is Cn1c(C(=O)Cc2cccc(-c3cccc(NC(=O)c4nc5c(n4C)CCN(CCC46CCC(C(=O)O)(CC4)C6)C5)c3Cl)c2Cl)nc2c1CCN(CC(=O)O)C2. The highest BCUT2D eigenvalue weighted by atomic mass is 35.5. The van der Waals surface area contributed by atoms with Gasteiger partial charge in [-0.2, -0.15) is 0 Å². The molecule has 0 unspecified atom stereocenters. The van der Waals surface area contributed by atoms with Gasteiger partial charge in [0.25, 0.3) is 5.91 Å². The van der Waals surface area contributed by atoms with E-state index in [-0.39, 0.29) is 30.1 Å². The first-order chi connectivity index (χ1) is 26.8. The second-order valence-corrected chi connectivity index (χ2v) is 16.9. The molecule has 1 amide bonds. The second kappa shape index (κ2) is 14.7. The zero-order valence-electron chi connectivity index (χ0n) is 31.5. The standard InChI is InChI=1S/C41H45Cl2N7O6/c1-47-30-10-17-50(22-33(52)53)21-29(30)44-36(47)32(51)19-24-5-3-6-25(34(24)42)26-7-4-8-27(35(26)43)46-38(54)37-45-28-20-49(16-9-31(28)48(37)2)18-15-40-11-13-41(23-40,14-12-40)39(55)56/h3-8H,9-23H2,1-2H3,(H,46,54)(H,52,53)(H,55,56). The number of amides is 1. The molecule has 2 bridgehead atoms. The molecule has 13 nitrogen and oxygen atoms in total. The Morgan fingerprint density at radius 3 is 2.07 bits per heavy atom. The molecular formula is C41H45Cl2N7O6. The second-order valence-electron chi connectivity index (χ2n) is 16.2. The molecule has 0 atom stereocenters. The fourth-order valence-electron chi connectivity index (χ4n) is 9.68. The maximum atomic E-state index is 13.7. The lowest BCUT2D eigenvalue weighted by molar-refractivity contribution is -0.148. The maximum Gasteiger partial charge on any atom is 0.317 e. The molecule has 2 fully saturated rings. The van der Waals surface area contributed by atoms with Gasteiger partial charge < -0.3 is 24.7 Å². The average molecular weight is 803 g/mol. The molecule has 4 aromatic rings. The number of aromatic nitrogens is 4. The molecule has 2 aromatic carbocycles. The van der Waals surface area contributed by atoms with Crippen LogP contribution in [0.25, 0.3) is 11.1 Å². The highest BCUT2D eigenvalue weighted by molar-refractivity contribution is 6.39. The number of carboxylic acids is 2. The fraction of sp³-hybridized carbons (Fsp3) is 0.463. The van der Waals surface area contributed by atoms with Gasteiger partial charge in [0.15, 0.2) is 11.6 Å². The van der Waals surface area contributed by atoms with Crippen LogP contribution in [0.4, 0.5) is 5.69 Å². The molecule has 2 saturated carbocycles. The van der Waals surface area contributed by atoms with Gasteiger partial charge in [-0.25, -0.2) is 9.97 Å². The number of imidazole rings is 2. The van der Waals surface area contributed by atoms with Crippen molar-refractivity contribution < 1.29 is 29.4 Å². The van der Waals surface area contributed by atoms with E-state index in [9.17, 15) is 29.4 Å². The van der Waals surface area contributed by atoms with E-state index in [2.05, 4.69) is 15.2 Å². The van der Waals surface area contributed by atoms with Gasteiger partial charge in [0.05, 0.1) is 39.1 Å².